The Kier molecular flexibility index (Phi) is 2.10. The Labute approximate surface area is 77.3 Å². The summed E-state index contributed by atoms with van der Waals surface area (Å²) < 4.78 is 12.2. The third-order valence-electron chi connectivity index (χ3n) is 2.20. The molecule has 0 saturated heterocycles. The molecule has 0 radical (unpaired) electrons. The van der Waals surface area contributed by atoms with Crippen molar-refractivity contribution in [1.82, 2.24) is 0 Å². The van der Waals surface area contributed by atoms with Crippen LogP contribution >= 0.6 is 7.14 Å². The van der Waals surface area contributed by atoms with E-state index in [-0.39, 0.29) is 0 Å². The van der Waals surface area contributed by atoms with Crippen molar-refractivity contribution in [3.8, 4) is 0 Å². The number of hydrogen-bond acceptors (Lipinski definition) is 2. The molecule has 13 heavy (non-hydrogen) atoms. The van der Waals surface area contributed by atoms with E-state index in [9.17, 15) is 9.67 Å². The molecule has 0 bridgehead atoms. The van der Waals surface area contributed by atoms with Gasteiger partial charge in [0.05, 0.1) is 6.10 Å². The van der Waals surface area contributed by atoms with E-state index in [1.807, 2.05) is 30.3 Å². The summed E-state index contributed by atoms with van der Waals surface area (Å²) in [7, 11) is -2.41. The maximum absolute atomic E-state index is 12.2. The molecule has 1 aromatic rings. The van der Waals surface area contributed by atoms with E-state index in [1.54, 1.807) is 11.9 Å². The smallest absolute Gasteiger partial charge is 0.139 e. The minimum absolute atomic E-state index is 0.358. The molecule has 1 N–H and O–H groups in total. The fourth-order valence-electron chi connectivity index (χ4n) is 1.51. The van der Waals surface area contributed by atoms with E-state index < -0.39 is 13.2 Å². The molecule has 0 saturated carbocycles. The second kappa shape index (κ2) is 3.13. The molecule has 3 heteroatoms. The first kappa shape index (κ1) is 8.74. The first-order chi connectivity index (χ1) is 6.21. The zero-order valence-electron chi connectivity index (χ0n) is 7.13. The number of aliphatic hydroxyl groups excluding tert-OH is 1. The Morgan fingerprint density at radius 2 is 2.00 bits per heavy atom. The zero-order valence-corrected chi connectivity index (χ0v) is 8.02. The lowest BCUT2D eigenvalue weighted by molar-refractivity contribution is 0.249. The lowest BCUT2D eigenvalue weighted by Crippen LogP contribution is -2.09. The monoisotopic (exact) mass is 194 g/mol. The van der Waals surface area contributed by atoms with Gasteiger partial charge in [0.25, 0.3) is 0 Å². The highest BCUT2D eigenvalue weighted by Gasteiger charge is 2.28. The molecule has 0 amide bonds. The summed E-state index contributed by atoms with van der Waals surface area (Å²) in [5, 5.41) is 10.1. The first-order valence-corrected chi connectivity index (χ1v) is 6.19. The predicted molar refractivity (Wildman–Crippen MR) is 53.7 cm³/mol. The van der Waals surface area contributed by atoms with Gasteiger partial charge < -0.3 is 9.67 Å². The molecule has 0 spiro atoms. The molecule has 1 aliphatic heterocycles. The number of benzene rings is 1. The SMILES string of the molecule is O=P1(c2ccccc2)C=C[C@@H](O)C1. The second-order valence-corrected chi connectivity index (χ2v) is 5.99. The Morgan fingerprint density at radius 3 is 2.54 bits per heavy atom. The Balaban J connectivity index is 2.38. The van der Waals surface area contributed by atoms with Crippen LogP contribution < -0.4 is 5.30 Å². The van der Waals surface area contributed by atoms with Crippen molar-refractivity contribution in [3.05, 3.63) is 42.2 Å². The number of hydrogen-bond donors (Lipinski definition) is 1. The third-order valence-corrected chi connectivity index (χ3v) is 4.94. The van der Waals surface area contributed by atoms with Crippen LogP contribution in [0.15, 0.2) is 42.2 Å². The molecule has 0 fully saturated rings. The number of aliphatic hydroxyl groups is 1. The second-order valence-electron chi connectivity index (χ2n) is 3.22. The molecule has 2 atom stereocenters. The predicted octanol–water partition coefficient (Wildman–Crippen LogP) is 1.56. The van der Waals surface area contributed by atoms with Crippen molar-refractivity contribution >= 4 is 12.4 Å². The first-order valence-electron chi connectivity index (χ1n) is 4.22. The molecule has 1 heterocycles. The van der Waals surface area contributed by atoms with Gasteiger partial charge >= 0.3 is 0 Å². The average Bonchev–Trinajstić information content (AvgIpc) is 2.49. The minimum Gasteiger partial charge on any atom is -0.389 e. The highest BCUT2D eigenvalue weighted by Crippen LogP contribution is 2.50. The Morgan fingerprint density at radius 1 is 1.31 bits per heavy atom. The van der Waals surface area contributed by atoms with Gasteiger partial charge in [-0.15, -0.1) is 0 Å². The van der Waals surface area contributed by atoms with Gasteiger partial charge in [0.15, 0.2) is 0 Å². The summed E-state index contributed by atoms with van der Waals surface area (Å²) in [5.74, 6) is 1.66. The van der Waals surface area contributed by atoms with Gasteiger partial charge in [-0.3, -0.25) is 0 Å². The molecular weight excluding hydrogens is 183 g/mol. The molecule has 1 unspecified atom stereocenters. The standard InChI is InChI=1S/C10H11O2P/c11-9-6-7-13(12,8-9)10-4-2-1-3-5-10/h1-7,9,11H,8H2/t9-,13?/m1/s1. The van der Waals surface area contributed by atoms with E-state index >= 15 is 0 Å². The number of rotatable bonds is 1. The van der Waals surface area contributed by atoms with Crippen molar-refractivity contribution < 1.29 is 9.67 Å². The van der Waals surface area contributed by atoms with Crippen molar-refractivity contribution in [3.63, 3.8) is 0 Å². The normalized spacial score (nSPS) is 32.2. The van der Waals surface area contributed by atoms with Crippen LogP contribution in [0, 0.1) is 0 Å². The molecule has 0 aromatic heterocycles. The van der Waals surface area contributed by atoms with E-state index in [0.29, 0.717) is 6.16 Å². The molecule has 1 aromatic carbocycles. The summed E-state index contributed by atoms with van der Waals surface area (Å²) in [6.07, 6.45) is 1.44. The maximum Gasteiger partial charge on any atom is 0.139 e. The van der Waals surface area contributed by atoms with Crippen molar-refractivity contribution in [2.24, 2.45) is 0 Å². The molecule has 2 rings (SSSR count). The fraction of sp³-hybridized carbons (Fsp3) is 0.200. The summed E-state index contributed by atoms with van der Waals surface area (Å²) >= 11 is 0. The van der Waals surface area contributed by atoms with Crippen molar-refractivity contribution in [2.75, 3.05) is 6.16 Å². The third kappa shape index (κ3) is 1.60. The fourth-order valence-corrected chi connectivity index (χ4v) is 3.85. The van der Waals surface area contributed by atoms with Gasteiger partial charge in [0.2, 0.25) is 0 Å². The topological polar surface area (TPSA) is 37.3 Å². The highest BCUT2D eigenvalue weighted by molar-refractivity contribution is 7.74. The van der Waals surface area contributed by atoms with E-state index in [0.717, 1.165) is 5.30 Å². The summed E-state index contributed by atoms with van der Waals surface area (Å²) in [5.41, 5.74) is 0. The molecule has 2 nitrogen and oxygen atoms in total. The van der Waals surface area contributed by atoms with E-state index in [4.69, 9.17) is 0 Å². The van der Waals surface area contributed by atoms with E-state index in [2.05, 4.69) is 0 Å². The van der Waals surface area contributed by atoms with Crippen LogP contribution in [-0.4, -0.2) is 17.4 Å². The van der Waals surface area contributed by atoms with Crippen LogP contribution in [0.3, 0.4) is 0 Å². The lowest BCUT2D eigenvalue weighted by Gasteiger charge is -2.09. The Bertz CT molecular complexity index is 370. The van der Waals surface area contributed by atoms with Gasteiger partial charge in [0.1, 0.15) is 7.14 Å². The van der Waals surface area contributed by atoms with Crippen molar-refractivity contribution in [2.45, 2.75) is 6.10 Å². The van der Waals surface area contributed by atoms with E-state index in [1.165, 1.54) is 0 Å². The summed E-state index contributed by atoms with van der Waals surface area (Å²) in [6, 6.07) is 9.33. The van der Waals surface area contributed by atoms with Crippen LogP contribution in [0.4, 0.5) is 0 Å². The van der Waals surface area contributed by atoms with Crippen LogP contribution in [0.5, 0.6) is 0 Å². The van der Waals surface area contributed by atoms with Gasteiger partial charge in [-0.05, 0) is 5.82 Å². The van der Waals surface area contributed by atoms with Gasteiger partial charge in [-0.25, -0.2) is 0 Å². The maximum atomic E-state index is 12.2. The molecule has 1 aliphatic rings. The lowest BCUT2D eigenvalue weighted by atomic mass is 10.4. The van der Waals surface area contributed by atoms with Crippen LogP contribution in [0.1, 0.15) is 0 Å². The van der Waals surface area contributed by atoms with Gasteiger partial charge in [0, 0.05) is 11.5 Å². The molecular formula is C10H11O2P. The summed E-state index contributed by atoms with van der Waals surface area (Å²) in [6.45, 7) is 0. The minimum atomic E-state index is -2.41. The largest absolute Gasteiger partial charge is 0.389 e. The molecule has 68 valence electrons. The highest BCUT2D eigenvalue weighted by atomic mass is 31.2. The van der Waals surface area contributed by atoms with Gasteiger partial charge in [-0.1, -0.05) is 36.4 Å². The molecule has 0 aliphatic carbocycles. The zero-order chi connectivity index (χ0) is 9.31. The Hall–Kier alpha value is -0.850. The quantitative estimate of drug-likeness (QED) is 0.689. The van der Waals surface area contributed by atoms with Gasteiger partial charge in [-0.2, -0.15) is 0 Å². The average molecular weight is 194 g/mol. The summed E-state index contributed by atoms with van der Waals surface area (Å²) in [4.78, 5) is 0. The van der Waals surface area contributed by atoms with Crippen LogP contribution in [0.25, 0.3) is 0 Å². The van der Waals surface area contributed by atoms with Crippen LogP contribution in [0.2, 0.25) is 0 Å². The van der Waals surface area contributed by atoms with Crippen LogP contribution in [-0.2, 0) is 4.57 Å². The van der Waals surface area contributed by atoms with Crippen molar-refractivity contribution in [1.29, 1.82) is 0 Å².